The summed E-state index contributed by atoms with van der Waals surface area (Å²) in [7, 11) is 0. The van der Waals surface area contributed by atoms with Gasteiger partial charge in [0.1, 0.15) is 5.54 Å². The highest BCUT2D eigenvalue weighted by molar-refractivity contribution is 5.80. The predicted molar refractivity (Wildman–Crippen MR) is 87.4 cm³/mol. The zero-order chi connectivity index (χ0) is 15.9. The van der Waals surface area contributed by atoms with Crippen LogP contribution in [-0.4, -0.2) is 48.7 Å². The Morgan fingerprint density at radius 2 is 2.05 bits per heavy atom. The lowest BCUT2D eigenvalue weighted by molar-refractivity contribution is -0.151. The van der Waals surface area contributed by atoms with Crippen LogP contribution >= 0.6 is 0 Å². The number of carbonyl (C=O) groups is 1. The van der Waals surface area contributed by atoms with E-state index >= 15 is 0 Å². The molecule has 0 heterocycles. The second-order valence-corrected chi connectivity index (χ2v) is 6.76. The first-order valence-electron chi connectivity index (χ1n) is 8.59. The van der Waals surface area contributed by atoms with Gasteiger partial charge in [0.2, 0.25) is 0 Å². The van der Waals surface area contributed by atoms with Crippen LogP contribution in [0.1, 0.15) is 60.3 Å². The number of ether oxygens (including phenoxy) is 1. The van der Waals surface area contributed by atoms with Gasteiger partial charge in [-0.2, -0.15) is 0 Å². The summed E-state index contributed by atoms with van der Waals surface area (Å²) in [5.41, 5.74) is -0.567. The van der Waals surface area contributed by atoms with Crippen LogP contribution in [0, 0.1) is 5.92 Å². The second-order valence-electron chi connectivity index (χ2n) is 6.76. The van der Waals surface area contributed by atoms with Gasteiger partial charge in [-0.05, 0) is 65.8 Å². The molecule has 0 aromatic rings. The van der Waals surface area contributed by atoms with Crippen molar-refractivity contribution in [2.75, 3.05) is 26.2 Å². The fourth-order valence-corrected chi connectivity index (χ4v) is 2.51. The maximum atomic E-state index is 12.3. The quantitative estimate of drug-likeness (QED) is 0.596. The molecule has 0 radical (unpaired) electrons. The fourth-order valence-electron chi connectivity index (χ4n) is 2.51. The third-order valence-electron chi connectivity index (χ3n) is 4.31. The van der Waals surface area contributed by atoms with Gasteiger partial charge in [0.05, 0.1) is 6.61 Å². The van der Waals surface area contributed by atoms with Gasteiger partial charge < -0.3 is 15.0 Å². The third kappa shape index (κ3) is 6.35. The number of carbonyl (C=O) groups excluding carboxylic acids is 1. The monoisotopic (exact) mass is 298 g/mol. The molecule has 0 spiro atoms. The van der Waals surface area contributed by atoms with Gasteiger partial charge >= 0.3 is 5.97 Å². The number of esters is 1. The summed E-state index contributed by atoms with van der Waals surface area (Å²) in [5, 5.41) is 3.39. The molecule has 0 saturated heterocycles. The van der Waals surface area contributed by atoms with Gasteiger partial charge in [-0.3, -0.25) is 4.79 Å². The molecule has 0 aromatic carbocycles. The van der Waals surface area contributed by atoms with E-state index in [9.17, 15) is 4.79 Å². The molecule has 0 aliphatic heterocycles. The molecule has 1 fully saturated rings. The Labute approximate surface area is 130 Å². The minimum absolute atomic E-state index is 0.117. The van der Waals surface area contributed by atoms with Crippen LogP contribution in [0.5, 0.6) is 0 Å². The standard InChI is InChI=1S/C17H34N2O2/c1-6-11-18-17(5,16(20)21-7-2)10-12-19(14(3)4)13-15-8-9-15/h14-15,18H,6-13H2,1-5H3. The van der Waals surface area contributed by atoms with E-state index in [1.54, 1.807) is 0 Å². The van der Waals surface area contributed by atoms with E-state index < -0.39 is 5.54 Å². The third-order valence-corrected chi connectivity index (χ3v) is 4.31. The van der Waals surface area contributed by atoms with Crippen molar-refractivity contribution in [3.63, 3.8) is 0 Å². The van der Waals surface area contributed by atoms with Crippen LogP contribution < -0.4 is 5.32 Å². The van der Waals surface area contributed by atoms with Crippen molar-refractivity contribution in [1.82, 2.24) is 10.2 Å². The van der Waals surface area contributed by atoms with Gasteiger partial charge in [-0.25, -0.2) is 0 Å². The number of nitrogens with zero attached hydrogens (tertiary/aromatic N) is 1. The smallest absolute Gasteiger partial charge is 0.326 e. The number of hydrogen-bond acceptors (Lipinski definition) is 4. The molecular formula is C17H34N2O2. The largest absolute Gasteiger partial charge is 0.465 e. The van der Waals surface area contributed by atoms with Gasteiger partial charge in [0, 0.05) is 19.1 Å². The Kier molecular flexibility index (Phi) is 7.67. The Balaban J connectivity index is 2.58. The molecule has 4 nitrogen and oxygen atoms in total. The van der Waals surface area contributed by atoms with E-state index in [1.807, 2.05) is 13.8 Å². The van der Waals surface area contributed by atoms with E-state index in [1.165, 1.54) is 19.4 Å². The lowest BCUT2D eigenvalue weighted by atomic mass is 9.96. The molecule has 1 aliphatic carbocycles. The lowest BCUT2D eigenvalue weighted by Crippen LogP contribution is -2.53. The summed E-state index contributed by atoms with van der Waals surface area (Å²) in [6.45, 7) is 13.9. The molecule has 21 heavy (non-hydrogen) atoms. The van der Waals surface area contributed by atoms with Crippen LogP contribution in [0.25, 0.3) is 0 Å². The molecule has 1 unspecified atom stereocenters. The van der Waals surface area contributed by atoms with Crippen molar-refractivity contribution in [3.8, 4) is 0 Å². The first-order chi connectivity index (χ1) is 9.92. The van der Waals surface area contributed by atoms with Gasteiger partial charge in [-0.15, -0.1) is 0 Å². The van der Waals surface area contributed by atoms with Crippen molar-refractivity contribution in [1.29, 1.82) is 0 Å². The fraction of sp³-hybridized carbons (Fsp3) is 0.941. The van der Waals surface area contributed by atoms with Gasteiger partial charge in [0.15, 0.2) is 0 Å². The van der Waals surface area contributed by atoms with Gasteiger partial charge in [0.25, 0.3) is 0 Å². The summed E-state index contributed by atoms with van der Waals surface area (Å²) in [6.07, 6.45) is 4.56. The van der Waals surface area contributed by atoms with Crippen LogP contribution in [0.3, 0.4) is 0 Å². The van der Waals surface area contributed by atoms with Crippen molar-refractivity contribution >= 4 is 5.97 Å². The lowest BCUT2D eigenvalue weighted by Gasteiger charge is -2.33. The maximum absolute atomic E-state index is 12.3. The first kappa shape index (κ1) is 18.4. The Morgan fingerprint density at radius 3 is 2.52 bits per heavy atom. The van der Waals surface area contributed by atoms with E-state index in [-0.39, 0.29) is 5.97 Å². The van der Waals surface area contributed by atoms with Gasteiger partial charge in [-0.1, -0.05) is 6.92 Å². The highest BCUT2D eigenvalue weighted by Gasteiger charge is 2.35. The maximum Gasteiger partial charge on any atom is 0.326 e. The molecule has 0 bridgehead atoms. The zero-order valence-electron chi connectivity index (χ0n) is 14.6. The minimum Gasteiger partial charge on any atom is -0.465 e. The van der Waals surface area contributed by atoms with Crippen molar-refractivity contribution < 1.29 is 9.53 Å². The highest BCUT2D eigenvalue weighted by Crippen LogP contribution is 2.30. The average molecular weight is 298 g/mol. The summed E-state index contributed by atoms with van der Waals surface area (Å²) in [5.74, 6) is 0.762. The van der Waals surface area contributed by atoms with Crippen LogP contribution in [0.15, 0.2) is 0 Å². The van der Waals surface area contributed by atoms with Crippen LogP contribution in [0.2, 0.25) is 0 Å². The molecule has 1 rings (SSSR count). The molecule has 1 saturated carbocycles. The SMILES string of the molecule is CCCNC(C)(CCN(CC1CC1)C(C)C)C(=O)OCC. The Bertz CT molecular complexity index is 316. The van der Waals surface area contributed by atoms with E-state index in [0.717, 1.165) is 31.8 Å². The zero-order valence-corrected chi connectivity index (χ0v) is 14.6. The first-order valence-corrected chi connectivity index (χ1v) is 8.59. The van der Waals surface area contributed by atoms with E-state index in [4.69, 9.17) is 4.74 Å². The number of nitrogens with one attached hydrogen (secondary N) is 1. The summed E-state index contributed by atoms with van der Waals surface area (Å²) >= 11 is 0. The Hall–Kier alpha value is -0.610. The Morgan fingerprint density at radius 1 is 1.38 bits per heavy atom. The molecule has 4 heteroatoms. The molecule has 1 aliphatic rings. The number of hydrogen-bond donors (Lipinski definition) is 1. The average Bonchev–Trinajstić information content (AvgIpc) is 3.25. The minimum atomic E-state index is -0.567. The van der Waals surface area contributed by atoms with E-state index in [0.29, 0.717) is 12.6 Å². The molecule has 1 N–H and O–H groups in total. The number of rotatable bonds is 11. The molecular weight excluding hydrogens is 264 g/mol. The summed E-state index contributed by atoms with van der Waals surface area (Å²) < 4.78 is 5.27. The molecule has 124 valence electrons. The normalized spacial score (nSPS) is 18.0. The van der Waals surface area contributed by atoms with Crippen molar-refractivity contribution in [2.45, 2.75) is 71.9 Å². The summed E-state index contributed by atoms with van der Waals surface area (Å²) in [4.78, 5) is 14.8. The summed E-state index contributed by atoms with van der Waals surface area (Å²) in [6, 6.07) is 0.531. The van der Waals surface area contributed by atoms with Crippen LogP contribution in [-0.2, 0) is 9.53 Å². The highest BCUT2D eigenvalue weighted by atomic mass is 16.5. The topological polar surface area (TPSA) is 41.6 Å². The van der Waals surface area contributed by atoms with Crippen LogP contribution in [0.4, 0.5) is 0 Å². The second kappa shape index (κ2) is 8.74. The molecule has 0 aromatic heterocycles. The van der Waals surface area contributed by atoms with E-state index in [2.05, 4.69) is 31.0 Å². The molecule has 0 amide bonds. The predicted octanol–water partition coefficient (Wildman–Crippen LogP) is 2.82. The van der Waals surface area contributed by atoms with Crippen molar-refractivity contribution in [3.05, 3.63) is 0 Å². The molecule has 1 atom stereocenters. The van der Waals surface area contributed by atoms with Crippen molar-refractivity contribution in [2.24, 2.45) is 5.92 Å².